The van der Waals surface area contributed by atoms with Crippen molar-refractivity contribution in [1.29, 1.82) is 0 Å². The molecule has 192 valence electrons. The molecule has 0 aliphatic heterocycles. The predicted molar refractivity (Wildman–Crippen MR) is 143 cm³/mol. The van der Waals surface area contributed by atoms with E-state index in [9.17, 15) is 9.90 Å². The minimum Gasteiger partial charge on any atom is -0.385 e. The van der Waals surface area contributed by atoms with Gasteiger partial charge in [-0.2, -0.15) is 0 Å². The van der Waals surface area contributed by atoms with Gasteiger partial charge < -0.3 is 20.5 Å². The molecule has 3 rings (SSSR count). The largest absolute Gasteiger partial charge is 0.385 e. The van der Waals surface area contributed by atoms with Crippen LogP contribution in [0.5, 0.6) is 0 Å². The molecule has 6 heteroatoms. The van der Waals surface area contributed by atoms with Gasteiger partial charge in [0.15, 0.2) is 0 Å². The third kappa shape index (κ3) is 8.04. The van der Waals surface area contributed by atoms with E-state index in [0.717, 1.165) is 31.4 Å². The predicted octanol–water partition coefficient (Wildman–Crippen LogP) is 5.68. The van der Waals surface area contributed by atoms with Crippen molar-refractivity contribution in [3.8, 4) is 0 Å². The molecule has 35 heavy (non-hydrogen) atoms. The van der Waals surface area contributed by atoms with Crippen molar-refractivity contribution in [2.75, 3.05) is 27.3 Å². The van der Waals surface area contributed by atoms with Gasteiger partial charge >= 0.3 is 0 Å². The Bertz CT molecular complexity index is 932. The van der Waals surface area contributed by atoms with Crippen molar-refractivity contribution >= 4 is 17.5 Å². The molecule has 0 saturated heterocycles. The maximum Gasteiger partial charge on any atom is 0.251 e. The van der Waals surface area contributed by atoms with Crippen LogP contribution in [0.4, 0.5) is 0 Å². The molecule has 0 spiro atoms. The first kappa shape index (κ1) is 27.7. The molecular formula is C29H41ClN2O3. The van der Waals surface area contributed by atoms with Gasteiger partial charge in [0.05, 0.1) is 0 Å². The second-order valence-corrected chi connectivity index (χ2v) is 10.3. The van der Waals surface area contributed by atoms with E-state index in [4.69, 9.17) is 16.3 Å². The average molecular weight is 501 g/mol. The summed E-state index contributed by atoms with van der Waals surface area (Å²) in [6.07, 6.45) is 9.53. The number of hydrogen-bond acceptors (Lipinski definition) is 4. The number of likely N-dealkylation sites (N-methyl/N-ethyl adjacent to an activating group) is 1. The number of hydrogen-bond donors (Lipinski definition) is 3. The van der Waals surface area contributed by atoms with Crippen molar-refractivity contribution in [3.63, 3.8) is 0 Å². The smallest absolute Gasteiger partial charge is 0.251 e. The second-order valence-electron chi connectivity index (χ2n) is 9.87. The number of unbranched alkanes of at least 4 members (excludes halogenated alkanes) is 1. The summed E-state index contributed by atoms with van der Waals surface area (Å²) in [7, 11) is 3.61. The Labute approximate surface area is 215 Å². The molecule has 1 aliphatic carbocycles. The van der Waals surface area contributed by atoms with E-state index in [2.05, 4.69) is 10.6 Å². The molecule has 3 N–H and O–H groups in total. The van der Waals surface area contributed by atoms with Gasteiger partial charge in [0.25, 0.3) is 5.91 Å². The summed E-state index contributed by atoms with van der Waals surface area (Å²) in [6, 6.07) is 14.8. The third-order valence-electron chi connectivity index (χ3n) is 7.17. The molecule has 0 aromatic heterocycles. The van der Waals surface area contributed by atoms with Gasteiger partial charge in [0, 0.05) is 36.9 Å². The van der Waals surface area contributed by atoms with E-state index in [-0.39, 0.29) is 11.9 Å². The number of benzene rings is 2. The van der Waals surface area contributed by atoms with Crippen LogP contribution in [-0.4, -0.2) is 44.4 Å². The maximum atomic E-state index is 13.3. The highest BCUT2D eigenvalue weighted by Gasteiger charge is 2.32. The Morgan fingerprint density at radius 1 is 1.11 bits per heavy atom. The summed E-state index contributed by atoms with van der Waals surface area (Å²) >= 11 is 6.27. The van der Waals surface area contributed by atoms with E-state index >= 15 is 0 Å². The molecule has 1 saturated carbocycles. The maximum absolute atomic E-state index is 13.3. The van der Waals surface area contributed by atoms with Crippen molar-refractivity contribution in [2.24, 2.45) is 5.92 Å². The number of aliphatic hydroxyl groups is 1. The third-order valence-corrected chi connectivity index (χ3v) is 7.40. The topological polar surface area (TPSA) is 70.6 Å². The zero-order valence-corrected chi connectivity index (χ0v) is 21.9. The summed E-state index contributed by atoms with van der Waals surface area (Å²) in [5.41, 5.74) is 0.735. The fraction of sp³-hybridized carbons (Fsp3) is 0.552. The lowest BCUT2D eigenvalue weighted by atomic mass is 9.81. The van der Waals surface area contributed by atoms with Crippen LogP contribution in [0, 0.1) is 5.92 Å². The SMILES string of the molecule is CNC[C@H](CC1CCCCC1)NC(=O)c1cccc([C@@](O)(CCCCOC)c2cccc(Cl)c2)c1. The van der Waals surface area contributed by atoms with Gasteiger partial charge in [0.2, 0.25) is 0 Å². The van der Waals surface area contributed by atoms with E-state index in [0.29, 0.717) is 35.1 Å². The minimum atomic E-state index is -1.25. The zero-order chi connectivity index (χ0) is 25.1. The van der Waals surface area contributed by atoms with Gasteiger partial charge in [0.1, 0.15) is 5.60 Å². The number of methoxy groups -OCH3 is 1. The van der Waals surface area contributed by atoms with Crippen LogP contribution in [0.25, 0.3) is 0 Å². The van der Waals surface area contributed by atoms with Crippen LogP contribution < -0.4 is 10.6 Å². The Morgan fingerprint density at radius 2 is 1.83 bits per heavy atom. The first-order valence-corrected chi connectivity index (χ1v) is 13.4. The Hall–Kier alpha value is -1.92. The molecule has 1 fully saturated rings. The number of rotatable bonds is 13. The van der Waals surface area contributed by atoms with Gasteiger partial charge in [-0.3, -0.25) is 4.79 Å². The van der Waals surface area contributed by atoms with Crippen LogP contribution in [0.3, 0.4) is 0 Å². The van der Waals surface area contributed by atoms with Crippen LogP contribution in [-0.2, 0) is 10.3 Å². The molecule has 0 radical (unpaired) electrons. The molecule has 2 aromatic carbocycles. The van der Waals surface area contributed by atoms with Crippen molar-refractivity contribution in [3.05, 3.63) is 70.2 Å². The quantitative estimate of drug-likeness (QED) is 0.309. The summed E-state index contributed by atoms with van der Waals surface area (Å²) in [5, 5.41) is 19.0. The van der Waals surface area contributed by atoms with Crippen molar-refractivity contribution < 1.29 is 14.6 Å². The number of nitrogens with one attached hydrogen (secondary N) is 2. The summed E-state index contributed by atoms with van der Waals surface area (Å²) in [5.74, 6) is 0.574. The molecule has 2 aromatic rings. The molecule has 1 aliphatic rings. The van der Waals surface area contributed by atoms with Crippen LogP contribution >= 0.6 is 11.6 Å². The highest BCUT2D eigenvalue weighted by Crippen LogP contribution is 2.36. The average Bonchev–Trinajstić information content (AvgIpc) is 2.87. The normalized spacial score (nSPS) is 17.0. The minimum absolute atomic E-state index is 0.0834. The molecule has 1 amide bonds. The molecule has 0 bridgehead atoms. The molecular weight excluding hydrogens is 460 g/mol. The molecule has 5 nitrogen and oxygen atoms in total. The lowest BCUT2D eigenvalue weighted by molar-refractivity contribution is 0.0650. The van der Waals surface area contributed by atoms with E-state index in [1.165, 1.54) is 32.1 Å². The first-order valence-electron chi connectivity index (χ1n) is 13.0. The van der Waals surface area contributed by atoms with Crippen molar-refractivity contribution in [2.45, 2.75) is 69.4 Å². The number of amides is 1. The molecule has 0 unspecified atom stereocenters. The fourth-order valence-corrected chi connectivity index (χ4v) is 5.47. The number of halogens is 1. The van der Waals surface area contributed by atoms with Crippen LogP contribution in [0.15, 0.2) is 48.5 Å². The first-order chi connectivity index (χ1) is 17.0. The van der Waals surface area contributed by atoms with Crippen LogP contribution in [0.2, 0.25) is 5.02 Å². The standard InChI is InChI=1S/C29H41ClN2O3/c1-31-21-27(18-22-10-4-3-5-11-22)32-28(33)23-12-8-13-24(19-23)29(34,16-6-7-17-35-2)25-14-9-15-26(30)20-25/h8-9,12-15,19-20,22,27,31,34H,3-7,10-11,16-18,21H2,1-2H3,(H,32,33)/t27-,29-/m0/s1. The Morgan fingerprint density at radius 3 is 2.51 bits per heavy atom. The van der Waals surface area contributed by atoms with E-state index in [1.807, 2.05) is 43.4 Å². The Kier molecular flexibility index (Phi) is 11.1. The Balaban J connectivity index is 1.80. The lowest BCUT2D eigenvalue weighted by Crippen LogP contribution is -2.42. The molecule has 0 heterocycles. The summed E-state index contributed by atoms with van der Waals surface area (Å²) in [6.45, 7) is 1.38. The van der Waals surface area contributed by atoms with E-state index < -0.39 is 5.60 Å². The van der Waals surface area contributed by atoms with Crippen LogP contribution in [0.1, 0.15) is 79.3 Å². The fourth-order valence-electron chi connectivity index (χ4n) is 5.28. The zero-order valence-electron chi connectivity index (χ0n) is 21.2. The van der Waals surface area contributed by atoms with Gasteiger partial charge in [-0.15, -0.1) is 0 Å². The highest BCUT2D eigenvalue weighted by molar-refractivity contribution is 6.30. The van der Waals surface area contributed by atoms with Gasteiger partial charge in [-0.1, -0.05) is 68.0 Å². The highest BCUT2D eigenvalue weighted by atomic mass is 35.5. The number of carbonyl (C=O) groups is 1. The monoisotopic (exact) mass is 500 g/mol. The summed E-state index contributed by atoms with van der Waals surface area (Å²) < 4.78 is 5.19. The van der Waals surface area contributed by atoms with E-state index in [1.54, 1.807) is 19.2 Å². The number of ether oxygens (including phenoxy) is 1. The number of carbonyl (C=O) groups excluding carboxylic acids is 1. The lowest BCUT2D eigenvalue weighted by Gasteiger charge is -2.30. The molecule has 2 atom stereocenters. The second kappa shape index (κ2) is 14.0. The van der Waals surface area contributed by atoms with Gasteiger partial charge in [-0.05, 0) is 74.0 Å². The summed E-state index contributed by atoms with van der Waals surface area (Å²) in [4.78, 5) is 13.3. The van der Waals surface area contributed by atoms with Crippen molar-refractivity contribution in [1.82, 2.24) is 10.6 Å². The van der Waals surface area contributed by atoms with Gasteiger partial charge in [-0.25, -0.2) is 0 Å².